The van der Waals surface area contributed by atoms with E-state index in [1.54, 1.807) is 24.3 Å². The maximum absolute atomic E-state index is 11.8. The molecule has 104 valence electrons. The van der Waals surface area contributed by atoms with E-state index in [9.17, 15) is 4.79 Å². The Kier molecular flexibility index (Phi) is 6.87. The second kappa shape index (κ2) is 8.17. The molecule has 0 heterocycles. The number of aliphatic hydroxyl groups excluding tert-OH is 2. The van der Waals surface area contributed by atoms with Crippen molar-refractivity contribution in [1.82, 2.24) is 4.90 Å². The molecule has 0 fully saturated rings. The first-order valence-corrected chi connectivity index (χ1v) is 6.48. The molecule has 0 saturated carbocycles. The van der Waals surface area contributed by atoms with E-state index in [2.05, 4.69) is 0 Å². The number of hydrogen-bond acceptors (Lipinski definition) is 3. The molecule has 2 N–H and O–H groups in total. The van der Waals surface area contributed by atoms with E-state index in [1.807, 2.05) is 0 Å². The van der Waals surface area contributed by atoms with E-state index in [0.29, 0.717) is 15.6 Å². The molecule has 0 spiro atoms. The van der Waals surface area contributed by atoms with Crippen molar-refractivity contribution in [3.8, 4) is 0 Å². The smallest absolute Gasteiger partial charge is 0.246 e. The second-order valence-electron chi connectivity index (χ2n) is 3.77. The fourth-order valence-corrected chi connectivity index (χ4v) is 1.95. The zero-order valence-corrected chi connectivity index (χ0v) is 11.7. The maximum atomic E-state index is 11.8. The third kappa shape index (κ3) is 5.20. The third-order valence-corrected chi connectivity index (χ3v) is 2.98. The van der Waals surface area contributed by atoms with Crippen molar-refractivity contribution in [2.75, 3.05) is 26.3 Å². The van der Waals surface area contributed by atoms with Crippen LogP contribution in [0.5, 0.6) is 0 Å². The van der Waals surface area contributed by atoms with Gasteiger partial charge in [-0.15, -0.1) is 0 Å². The SMILES string of the molecule is O=C(C=Cc1ccc(Cl)cc1Cl)N(CCO)CCO. The molecule has 1 aromatic rings. The summed E-state index contributed by atoms with van der Waals surface area (Å²) in [5.41, 5.74) is 0.673. The van der Waals surface area contributed by atoms with Crippen LogP contribution in [0, 0.1) is 0 Å². The number of benzene rings is 1. The number of rotatable bonds is 6. The average Bonchev–Trinajstić information content (AvgIpc) is 2.37. The highest BCUT2D eigenvalue weighted by Crippen LogP contribution is 2.21. The predicted molar refractivity (Wildman–Crippen MR) is 76.2 cm³/mol. The Hall–Kier alpha value is -1.07. The minimum Gasteiger partial charge on any atom is -0.395 e. The Morgan fingerprint density at radius 2 is 1.84 bits per heavy atom. The largest absolute Gasteiger partial charge is 0.395 e. The standard InChI is InChI=1S/C13H15Cl2NO3/c14-11-3-1-10(12(15)9-11)2-4-13(19)16(5-7-17)6-8-18/h1-4,9,17-18H,5-8H2. The van der Waals surface area contributed by atoms with Gasteiger partial charge in [-0.05, 0) is 23.8 Å². The van der Waals surface area contributed by atoms with Gasteiger partial charge >= 0.3 is 0 Å². The van der Waals surface area contributed by atoms with Crippen molar-refractivity contribution in [2.24, 2.45) is 0 Å². The van der Waals surface area contributed by atoms with Crippen molar-refractivity contribution in [1.29, 1.82) is 0 Å². The summed E-state index contributed by atoms with van der Waals surface area (Å²) in [5, 5.41) is 18.6. The van der Waals surface area contributed by atoms with Crippen molar-refractivity contribution in [3.63, 3.8) is 0 Å². The summed E-state index contributed by atoms with van der Waals surface area (Å²) in [5.74, 6) is -0.297. The van der Waals surface area contributed by atoms with Crippen LogP contribution in [0.1, 0.15) is 5.56 Å². The normalized spacial score (nSPS) is 10.9. The molecule has 0 aliphatic rings. The van der Waals surface area contributed by atoms with Crippen LogP contribution in [0.4, 0.5) is 0 Å². The van der Waals surface area contributed by atoms with Gasteiger partial charge in [-0.2, -0.15) is 0 Å². The zero-order valence-electron chi connectivity index (χ0n) is 10.2. The molecule has 6 heteroatoms. The number of nitrogens with zero attached hydrogens (tertiary/aromatic N) is 1. The van der Waals surface area contributed by atoms with Gasteiger partial charge in [-0.25, -0.2) is 0 Å². The lowest BCUT2D eigenvalue weighted by atomic mass is 10.2. The topological polar surface area (TPSA) is 60.8 Å². The number of hydrogen-bond donors (Lipinski definition) is 2. The molecule has 0 saturated heterocycles. The molecule has 0 atom stereocenters. The number of carbonyl (C=O) groups is 1. The van der Waals surface area contributed by atoms with Crippen molar-refractivity contribution >= 4 is 35.2 Å². The first kappa shape index (κ1) is 16.0. The highest BCUT2D eigenvalue weighted by atomic mass is 35.5. The zero-order chi connectivity index (χ0) is 14.3. The lowest BCUT2D eigenvalue weighted by Gasteiger charge is -2.18. The van der Waals surface area contributed by atoms with Gasteiger partial charge in [-0.1, -0.05) is 29.3 Å². The summed E-state index contributed by atoms with van der Waals surface area (Å²) >= 11 is 11.7. The lowest BCUT2D eigenvalue weighted by molar-refractivity contribution is -0.126. The van der Waals surface area contributed by atoms with Crippen molar-refractivity contribution in [3.05, 3.63) is 39.9 Å². The van der Waals surface area contributed by atoms with Crippen molar-refractivity contribution in [2.45, 2.75) is 0 Å². The number of halogens is 2. The van der Waals surface area contributed by atoms with Crippen LogP contribution >= 0.6 is 23.2 Å². The molecular formula is C13H15Cl2NO3. The van der Waals surface area contributed by atoms with Crippen LogP contribution in [0.15, 0.2) is 24.3 Å². The Morgan fingerprint density at radius 3 is 2.37 bits per heavy atom. The van der Waals surface area contributed by atoms with Gasteiger partial charge in [0, 0.05) is 29.2 Å². The monoisotopic (exact) mass is 303 g/mol. The van der Waals surface area contributed by atoms with Gasteiger partial charge in [0.25, 0.3) is 0 Å². The molecule has 1 rings (SSSR count). The van der Waals surface area contributed by atoms with E-state index in [4.69, 9.17) is 33.4 Å². The van der Waals surface area contributed by atoms with Gasteiger partial charge in [0.05, 0.1) is 13.2 Å². The molecule has 4 nitrogen and oxygen atoms in total. The molecule has 1 amide bonds. The molecule has 0 radical (unpaired) electrons. The second-order valence-corrected chi connectivity index (χ2v) is 4.62. The molecule has 19 heavy (non-hydrogen) atoms. The molecular weight excluding hydrogens is 289 g/mol. The summed E-state index contributed by atoms with van der Waals surface area (Å²) in [6, 6.07) is 4.97. The first-order chi connectivity index (χ1) is 9.08. The minimum atomic E-state index is -0.297. The molecule has 0 aliphatic heterocycles. The lowest BCUT2D eigenvalue weighted by Crippen LogP contribution is -2.34. The molecule has 1 aromatic carbocycles. The fraction of sp³-hybridized carbons (Fsp3) is 0.308. The summed E-state index contributed by atoms with van der Waals surface area (Å²) in [6.45, 7) is 0.0543. The van der Waals surface area contributed by atoms with E-state index < -0.39 is 0 Å². The third-order valence-electron chi connectivity index (χ3n) is 2.42. The average molecular weight is 304 g/mol. The Bertz CT molecular complexity index is 457. The van der Waals surface area contributed by atoms with E-state index in [1.165, 1.54) is 11.0 Å². The van der Waals surface area contributed by atoms with E-state index in [-0.39, 0.29) is 32.2 Å². The highest BCUT2D eigenvalue weighted by molar-refractivity contribution is 6.35. The van der Waals surface area contributed by atoms with Gasteiger partial charge < -0.3 is 15.1 Å². The van der Waals surface area contributed by atoms with E-state index >= 15 is 0 Å². The molecule has 0 bridgehead atoms. The first-order valence-electron chi connectivity index (χ1n) is 5.72. The molecule has 0 aromatic heterocycles. The number of carbonyl (C=O) groups excluding carboxylic acids is 1. The van der Waals surface area contributed by atoms with Crippen LogP contribution in [-0.4, -0.2) is 47.3 Å². The number of amides is 1. The Morgan fingerprint density at radius 1 is 1.21 bits per heavy atom. The number of aliphatic hydroxyl groups is 2. The summed E-state index contributed by atoms with van der Waals surface area (Å²) < 4.78 is 0. The van der Waals surface area contributed by atoms with Gasteiger partial charge in [0.15, 0.2) is 0 Å². The molecule has 0 unspecified atom stereocenters. The van der Waals surface area contributed by atoms with Crippen LogP contribution in [-0.2, 0) is 4.79 Å². The van der Waals surface area contributed by atoms with Crippen LogP contribution in [0.2, 0.25) is 10.0 Å². The van der Waals surface area contributed by atoms with Gasteiger partial charge in [0.1, 0.15) is 0 Å². The van der Waals surface area contributed by atoms with Gasteiger partial charge in [-0.3, -0.25) is 4.79 Å². The van der Waals surface area contributed by atoms with Crippen molar-refractivity contribution < 1.29 is 15.0 Å². The Balaban J connectivity index is 2.76. The van der Waals surface area contributed by atoms with Gasteiger partial charge in [0.2, 0.25) is 5.91 Å². The highest BCUT2D eigenvalue weighted by Gasteiger charge is 2.09. The summed E-state index contributed by atoms with van der Waals surface area (Å²) in [4.78, 5) is 13.2. The van der Waals surface area contributed by atoms with E-state index in [0.717, 1.165) is 0 Å². The van der Waals surface area contributed by atoms with Crippen LogP contribution in [0.25, 0.3) is 6.08 Å². The maximum Gasteiger partial charge on any atom is 0.246 e. The summed E-state index contributed by atoms with van der Waals surface area (Å²) in [6.07, 6.45) is 2.92. The predicted octanol–water partition coefficient (Wildman–Crippen LogP) is 1.82. The summed E-state index contributed by atoms with van der Waals surface area (Å²) in [7, 11) is 0. The quantitative estimate of drug-likeness (QED) is 0.788. The minimum absolute atomic E-state index is 0.152. The van der Waals surface area contributed by atoms with Crippen LogP contribution < -0.4 is 0 Å². The van der Waals surface area contributed by atoms with Crippen LogP contribution in [0.3, 0.4) is 0 Å². The molecule has 0 aliphatic carbocycles. The Labute approximate surface area is 121 Å². The fourth-order valence-electron chi connectivity index (χ4n) is 1.48.